The van der Waals surface area contributed by atoms with Gasteiger partial charge in [-0.3, -0.25) is 14.5 Å². The largest absolute Gasteiger partial charge is 0.501 e. The zero-order chi connectivity index (χ0) is 20.5. The van der Waals surface area contributed by atoms with Crippen molar-refractivity contribution >= 4 is 26.9 Å². The molecule has 148 valence electrons. The van der Waals surface area contributed by atoms with E-state index in [1.807, 2.05) is 0 Å². The molecule has 0 saturated heterocycles. The number of fused-ring (bicyclic) bond motifs is 1. The van der Waals surface area contributed by atoms with Gasteiger partial charge in [0, 0.05) is 25.2 Å². The number of nitro benzene ring substituents is 1. The Morgan fingerprint density at radius 1 is 1.18 bits per heavy atom. The second-order valence-electron chi connectivity index (χ2n) is 5.61. The number of halogens is 3. The van der Waals surface area contributed by atoms with Gasteiger partial charge in [-0.2, -0.15) is 13.2 Å². The molecular formula is C15H12F3N5O4S. The standard InChI is InChI=1S/C15H12F3N5O4S/c16-15(17,18)28(26,27)10-4-5-11(12(9-10)23(24)25)19-7-6-14-21-20-13-3-1-2-8-22(13)14/h1-5,8-9,19H,6-7H2. The molecule has 0 bridgehead atoms. The minimum atomic E-state index is -5.68. The van der Waals surface area contributed by atoms with E-state index < -0.39 is 30.9 Å². The Bertz CT molecular complexity index is 1140. The van der Waals surface area contributed by atoms with E-state index in [4.69, 9.17) is 0 Å². The van der Waals surface area contributed by atoms with Crippen molar-refractivity contribution in [3.8, 4) is 0 Å². The van der Waals surface area contributed by atoms with E-state index in [2.05, 4.69) is 15.5 Å². The van der Waals surface area contributed by atoms with Crippen LogP contribution in [-0.2, 0) is 16.3 Å². The van der Waals surface area contributed by atoms with Crippen LogP contribution in [-0.4, -0.2) is 40.0 Å². The van der Waals surface area contributed by atoms with Gasteiger partial charge in [0.1, 0.15) is 11.5 Å². The lowest BCUT2D eigenvalue weighted by Crippen LogP contribution is -2.23. The van der Waals surface area contributed by atoms with Crippen LogP contribution in [0.3, 0.4) is 0 Å². The highest BCUT2D eigenvalue weighted by molar-refractivity contribution is 7.92. The molecule has 0 unspecified atom stereocenters. The summed E-state index contributed by atoms with van der Waals surface area (Å²) in [5.41, 5.74) is -5.83. The summed E-state index contributed by atoms with van der Waals surface area (Å²) >= 11 is 0. The van der Waals surface area contributed by atoms with Crippen molar-refractivity contribution in [2.45, 2.75) is 16.8 Å². The molecule has 0 aliphatic carbocycles. The Kier molecular flexibility index (Phi) is 4.93. The van der Waals surface area contributed by atoms with Crippen molar-refractivity contribution in [3.05, 3.63) is 58.5 Å². The maximum absolute atomic E-state index is 12.7. The van der Waals surface area contributed by atoms with Gasteiger partial charge in [0.2, 0.25) is 0 Å². The highest BCUT2D eigenvalue weighted by Gasteiger charge is 2.47. The molecule has 3 rings (SSSR count). The maximum atomic E-state index is 12.7. The quantitative estimate of drug-likeness (QED) is 0.485. The number of hydrogen-bond acceptors (Lipinski definition) is 7. The van der Waals surface area contributed by atoms with Gasteiger partial charge in [-0.05, 0) is 24.3 Å². The Morgan fingerprint density at radius 3 is 2.61 bits per heavy atom. The van der Waals surface area contributed by atoms with Gasteiger partial charge in [0.25, 0.3) is 15.5 Å². The summed E-state index contributed by atoms with van der Waals surface area (Å²) in [6, 6.07) is 7.29. The van der Waals surface area contributed by atoms with Gasteiger partial charge in [0.15, 0.2) is 5.65 Å². The van der Waals surface area contributed by atoms with E-state index in [0.29, 0.717) is 30.0 Å². The Balaban J connectivity index is 1.81. The zero-order valence-electron chi connectivity index (χ0n) is 13.9. The number of rotatable bonds is 6. The lowest BCUT2D eigenvalue weighted by atomic mass is 10.2. The number of sulfone groups is 1. The van der Waals surface area contributed by atoms with Gasteiger partial charge >= 0.3 is 5.51 Å². The first-order valence-electron chi connectivity index (χ1n) is 7.73. The minimum absolute atomic E-state index is 0.111. The Hall–Kier alpha value is -3.22. The fourth-order valence-corrected chi connectivity index (χ4v) is 3.26. The van der Waals surface area contributed by atoms with Gasteiger partial charge in [-0.1, -0.05) is 6.07 Å². The van der Waals surface area contributed by atoms with Crippen LogP contribution < -0.4 is 5.32 Å². The van der Waals surface area contributed by atoms with Crippen molar-refractivity contribution in [2.75, 3.05) is 11.9 Å². The van der Waals surface area contributed by atoms with E-state index >= 15 is 0 Å². The van der Waals surface area contributed by atoms with Crippen molar-refractivity contribution < 1.29 is 26.5 Å². The van der Waals surface area contributed by atoms with E-state index in [1.165, 1.54) is 0 Å². The summed E-state index contributed by atoms with van der Waals surface area (Å²) in [7, 11) is -5.68. The van der Waals surface area contributed by atoms with Crippen molar-refractivity contribution in [2.24, 2.45) is 0 Å². The summed E-state index contributed by atoms with van der Waals surface area (Å²) in [5.74, 6) is 0.571. The molecule has 0 spiro atoms. The number of alkyl halides is 3. The zero-order valence-corrected chi connectivity index (χ0v) is 14.7. The molecule has 1 N–H and O–H groups in total. The summed E-state index contributed by atoms with van der Waals surface area (Å²) < 4.78 is 62.6. The highest BCUT2D eigenvalue weighted by Crippen LogP contribution is 2.34. The number of nitro groups is 1. The molecule has 0 radical (unpaired) electrons. The van der Waals surface area contributed by atoms with E-state index in [-0.39, 0.29) is 12.2 Å². The fraction of sp³-hybridized carbons (Fsp3) is 0.200. The van der Waals surface area contributed by atoms with Crippen LogP contribution in [0.5, 0.6) is 0 Å². The fourth-order valence-electron chi connectivity index (χ4n) is 2.48. The van der Waals surface area contributed by atoms with Crippen molar-refractivity contribution in [1.82, 2.24) is 14.6 Å². The van der Waals surface area contributed by atoms with Crippen molar-refractivity contribution in [1.29, 1.82) is 0 Å². The van der Waals surface area contributed by atoms with Crippen LogP contribution in [0, 0.1) is 10.1 Å². The monoisotopic (exact) mass is 415 g/mol. The third kappa shape index (κ3) is 3.60. The molecule has 0 aliphatic heterocycles. The Morgan fingerprint density at radius 2 is 1.93 bits per heavy atom. The number of pyridine rings is 1. The molecule has 0 fully saturated rings. The van der Waals surface area contributed by atoms with Crippen LogP contribution in [0.15, 0.2) is 47.5 Å². The molecule has 0 saturated carbocycles. The molecule has 0 atom stereocenters. The topological polar surface area (TPSA) is 120 Å². The predicted molar refractivity (Wildman–Crippen MR) is 91.5 cm³/mol. The van der Waals surface area contributed by atoms with Crippen LogP contribution in [0.4, 0.5) is 24.5 Å². The third-order valence-electron chi connectivity index (χ3n) is 3.83. The smallest absolute Gasteiger partial charge is 0.379 e. The lowest BCUT2D eigenvalue weighted by Gasteiger charge is -2.10. The number of aromatic nitrogens is 3. The number of hydrogen-bond donors (Lipinski definition) is 1. The normalized spacial score (nSPS) is 12.2. The molecule has 9 nitrogen and oxygen atoms in total. The summed E-state index contributed by atoms with van der Waals surface area (Å²) in [5, 5.41) is 21.8. The molecule has 0 amide bonds. The SMILES string of the molecule is O=[N+]([O-])c1cc(S(=O)(=O)C(F)(F)F)ccc1NCCc1nnc2ccccn12. The van der Waals surface area contributed by atoms with E-state index in [1.54, 1.807) is 28.8 Å². The van der Waals surface area contributed by atoms with Gasteiger partial charge in [-0.15, -0.1) is 10.2 Å². The highest BCUT2D eigenvalue weighted by atomic mass is 32.2. The van der Waals surface area contributed by atoms with Gasteiger partial charge < -0.3 is 5.32 Å². The lowest BCUT2D eigenvalue weighted by molar-refractivity contribution is -0.384. The second-order valence-corrected chi connectivity index (χ2v) is 7.55. The summed E-state index contributed by atoms with van der Waals surface area (Å²) in [6.45, 7) is 0.155. The van der Waals surface area contributed by atoms with Crippen LogP contribution >= 0.6 is 0 Å². The van der Waals surface area contributed by atoms with Gasteiger partial charge in [0.05, 0.1) is 9.82 Å². The number of anilines is 1. The molecule has 0 aliphatic rings. The molecule has 3 aromatic rings. The summed E-state index contributed by atoms with van der Waals surface area (Å²) in [6.07, 6.45) is 2.05. The third-order valence-corrected chi connectivity index (χ3v) is 5.31. The summed E-state index contributed by atoms with van der Waals surface area (Å²) in [4.78, 5) is 9.03. The first kappa shape index (κ1) is 19.5. The molecule has 13 heteroatoms. The first-order chi connectivity index (χ1) is 13.1. The molecule has 28 heavy (non-hydrogen) atoms. The first-order valence-corrected chi connectivity index (χ1v) is 9.22. The van der Waals surface area contributed by atoms with E-state index in [0.717, 1.165) is 6.07 Å². The average molecular weight is 415 g/mol. The molecule has 1 aromatic carbocycles. The number of nitrogens with one attached hydrogen (secondary N) is 1. The second kappa shape index (κ2) is 7.07. The number of nitrogens with zero attached hydrogens (tertiary/aromatic N) is 4. The van der Waals surface area contributed by atoms with Gasteiger partial charge in [-0.25, -0.2) is 8.42 Å². The van der Waals surface area contributed by atoms with Crippen LogP contribution in [0.1, 0.15) is 5.82 Å². The van der Waals surface area contributed by atoms with E-state index in [9.17, 15) is 31.7 Å². The predicted octanol–water partition coefficient (Wildman–Crippen LogP) is 2.59. The minimum Gasteiger partial charge on any atom is -0.379 e. The van der Waals surface area contributed by atoms with Crippen LogP contribution in [0.25, 0.3) is 5.65 Å². The molecule has 2 heterocycles. The number of benzene rings is 1. The average Bonchev–Trinajstić information content (AvgIpc) is 3.04. The molecule has 2 aromatic heterocycles. The van der Waals surface area contributed by atoms with Crippen LogP contribution in [0.2, 0.25) is 0 Å². The maximum Gasteiger partial charge on any atom is 0.501 e. The van der Waals surface area contributed by atoms with Crippen molar-refractivity contribution in [3.63, 3.8) is 0 Å². The Labute approximate surface area is 155 Å². The molecular weight excluding hydrogens is 403 g/mol.